The third-order valence-corrected chi connectivity index (χ3v) is 6.45. The van der Waals surface area contributed by atoms with Gasteiger partial charge in [0.1, 0.15) is 5.75 Å². The monoisotopic (exact) mass is 327 g/mol. The standard InChI is InChI=1S/C20H25NO3/c1-4-10-21-11-9-20-17-13(12-16(21)19(20,3)23)7-6-8-15(17)24-18(20)14(22)5-2/h4,6-8,16,18,23H,1,5,9-12H2,2-3H3/t16-,18+,19-,20+/m1/s1. The van der Waals surface area contributed by atoms with E-state index in [-0.39, 0.29) is 11.8 Å². The van der Waals surface area contributed by atoms with Gasteiger partial charge in [-0.25, -0.2) is 0 Å². The number of hydrogen-bond acceptors (Lipinski definition) is 4. The molecule has 0 aromatic heterocycles. The van der Waals surface area contributed by atoms with Crippen molar-refractivity contribution in [3.05, 3.63) is 42.0 Å². The summed E-state index contributed by atoms with van der Waals surface area (Å²) in [5.74, 6) is 0.866. The molecule has 1 N–H and O–H groups in total. The molecule has 1 aromatic rings. The highest BCUT2D eigenvalue weighted by Crippen LogP contribution is 2.60. The van der Waals surface area contributed by atoms with E-state index in [0.29, 0.717) is 6.42 Å². The quantitative estimate of drug-likeness (QED) is 0.862. The maximum atomic E-state index is 12.7. The Morgan fingerprint density at radius 1 is 1.54 bits per heavy atom. The van der Waals surface area contributed by atoms with Gasteiger partial charge in [0.05, 0.1) is 11.0 Å². The minimum absolute atomic E-state index is 0.0270. The number of carbonyl (C=O) groups is 1. The molecule has 4 atom stereocenters. The molecule has 1 fully saturated rings. The molecule has 1 saturated heterocycles. The van der Waals surface area contributed by atoms with Crippen LogP contribution in [0.5, 0.6) is 5.75 Å². The highest BCUT2D eigenvalue weighted by molar-refractivity contribution is 5.87. The van der Waals surface area contributed by atoms with E-state index in [1.54, 1.807) is 0 Å². The fourth-order valence-corrected chi connectivity index (χ4v) is 5.31. The Balaban J connectivity index is 1.94. The molecule has 2 bridgehead atoms. The average molecular weight is 327 g/mol. The van der Waals surface area contributed by atoms with Crippen LogP contribution in [-0.4, -0.2) is 46.6 Å². The van der Waals surface area contributed by atoms with Gasteiger partial charge in [0.15, 0.2) is 11.9 Å². The Hall–Kier alpha value is -1.65. The predicted molar refractivity (Wildman–Crippen MR) is 92.3 cm³/mol. The molecule has 2 heterocycles. The van der Waals surface area contributed by atoms with Gasteiger partial charge in [0.25, 0.3) is 0 Å². The van der Waals surface area contributed by atoms with E-state index < -0.39 is 17.1 Å². The molecule has 1 spiro atoms. The zero-order valence-electron chi connectivity index (χ0n) is 14.4. The Morgan fingerprint density at radius 3 is 3.04 bits per heavy atom. The van der Waals surface area contributed by atoms with Crippen molar-refractivity contribution in [1.29, 1.82) is 0 Å². The maximum Gasteiger partial charge on any atom is 0.174 e. The van der Waals surface area contributed by atoms with Gasteiger partial charge in [-0.05, 0) is 31.4 Å². The van der Waals surface area contributed by atoms with E-state index in [1.165, 1.54) is 5.56 Å². The molecule has 3 aliphatic rings. The van der Waals surface area contributed by atoms with Crippen LogP contribution in [0.1, 0.15) is 37.8 Å². The number of rotatable bonds is 4. The molecule has 0 saturated carbocycles. The van der Waals surface area contributed by atoms with Crippen LogP contribution in [0.25, 0.3) is 0 Å². The van der Waals surface area contributed by atoms with Crippen molar-refractivity contribution >= 4 is 5.78 Å². The predicted octanol–water partition coefficient (Wildman–Crippen LogP) is 2.23. The van der Waals surface area contributed by atoms with Crippen molar-refractivity contribution in [3.8, 4) is 5.75 Å². The molecule has 0 radical (unpaired) electrons. The van der Waals surface area contributed by atoms with Crippen molar-refractivity contribution in [1.82, 2.24) is 4.90 Å². The van der Waals surface area contributed by atoms with Gasteiger partial charge in [-0.3, -0.25) is 9.69 Å². The third-order valence-electron chi connectivity index (χ3n) is 6.45. The first-order chi connectivity index (χ1) is 11.5. The molecule has 1 aliphatic carbocycles. The summed E-state index contributed by atoms with van der Waals surface area (Å²) >= 11 is 0. The van der Waals surface area contributed by atoms with E-state index in [1.807, 2.05) is 32.1 Å². The van der Waals surface area contributed by atoms with Gasteiger partial charge in [0.2, 0.25) is 0 Å². The third kappa shape index (κ3) is 1.73. The second-order valence-corrected chi connectivity index (χ2v) is 7.48. The van der Waals surface area contributed by atoms with Crippen LogP contribution in [0.3, 0.4) is 0 Å². The topological polar surface area (TPSA) is 49.8 Å². The van der Waals surface area contributed by atoms with Crippen LogP contribution in [0, 0.1) is 0 Å². The first kappa shape index (κ1) is 15.9. The highest BCUT2D eigenvalue weighted by Gasteiger charge is 2.68. The van der Waals surface area contributed by atoms with Crippen LogP contribution in [0.15, 0.2) is 30.9 Å². The van der Waals surface area contributed by atoms with E-state index in [0.717, 1.165) is 37.2 Å². The summed E-state index contributed by atoms with van der Waals surface area (Å²) in [6.45, 7) is 9.22. The Kier molecular flexibility index (Phi) is 3.42. The second-order valence-electron chi connectivity index (χ2n) is 7.48. The van der Waals surface area contributed by atoms with Gasteiger partial charge < -0.3 is 9.84 Å². The highest BCUT2D eigenvalue weighted by atomic mass is 16.5. The van der Waals surface area contributed by atoms with E-state index in [2.05, 4.69) is 17.5 Å². The van der Waals surface area contributed by atoms with Gasteiger partial charge in [-0.2, -0.15) is 0 Å². The van der Waals surface area contributed by atoms with Crippen LogP contribution >= 0.6 is 0 Å². The molecule has 4 rings (SSSR count). The molecule has 0 unspecified atom stereocenters. The first-order valence-electron chi connectivity index (χ1n) is 8.86. The number of ketones is 1. The van der Waals surface area contributed by atoms with Gasteiger partial charge in [-0.15, -0.1) is 6.58 Å². The van der Waals surface area contributed by atoms with Crippen LogP contribution < -0.4 is 4.74 Å². The fraction of sp³-hybridized carbons (Fsp3) is 0.550. The lowest BCUT2D eigenvalue weighted by Crippen LogP contribution is -2.73. The molecule has 128 valence electrons. The van der Waals surface area contributed by atoms with E-state index >= 15 is 0 Å². The number of aliphatic hydroxyl groups is 1. The normalized spacial score (nSPS) is 36.8. The van der Waals surface area contributed by atoms with Crippen LogP contribution in [0.2, 0.25) is 0 Å². The molecule has 1 aromatic carbocycles. The van der Waals surface area contributed by atoms with Crippen molar-refractivity contribution < 1.29 is 14.6 Å². The zero-order valence-corrected chi connectivity index (χ0v) is 14.4. The summed E-state index contributed by atoms with van der Waals surface area (Å²) in [6.07, 6.45) is 3.24. The smallest absolute Gasteiger partial charge is 0.174 e. The van der Waals surface area contributed by atoms with Crippen molar-refractivity contribution in [3.63, 3.8) is 0 Å². The minimum Gasteiger partial charge on any atom is -0.481 e. The summed E-state index contributed by atoms with van der Waals surface area (Å²) < 4.78 is 6.14. The zero-order chi connectivity index (χ0) is 17.1. The summed E-state index contributed by atoms with van der Waals surface area (Å²) in [5.41, 5.74) is 0.649. The molecule has 0 amide bonds. The van der Waals surface area contributed by atoms with Crippen molar-refractivity contribution in [2.45, 2.75) is 56.3 Å². The summed E-state index contributed by atoms with van der Waals surface area (Å²) in [7, 11) is 0. The molecule has 4 heteroatoms. The van der Waals surface area contributed by atoms with Crippen LogP contribution in [0.4, 0.5) is 0 Å². The number of hydrogen-bond donors (Lipinski definition) is 1. The fourth-order valence-electron chi connectivity index (χ4n) is 5.31. The number of benzene rings is 1. The summed E-state index contributed by atoms with van der Waals surface area (Å²) in [6, 6.07) is 6.03. The minimum atomic E-state index is -1.01. The Bertz CT molecular complexity index is 711. The van der Waals surface area contributed by atoms with Crippen molar-refractivity contribution in [2.24, 2.45) is 0 Å². The molecular formula is C20H25NO3. The number of likely N-dealkylation sites (tertiary alicyclic amines) is 1. The number of carbonyl (C=O) groups excluding carboxylic acids is 1. The van der Waals surface area contributed by atoms with Gasteiger partial charge in [0, 0.05) is 31.1 Å². The lowest BCUT2D eigenvalue weighted by atomic mass is 9.53. The number of ether oxygens (including phenoxy) is 1. The lowest BCUT2D eigenvalue weighted by molar-refractivity contribution is -0.162. The summed E-state index contributed by atoms with van der Waals surface area (Å²) in [4.78, 5) is 15.0. The Morgan fingerprint density at radius 2 is 2.33 bits per heavy atom. The van der Waals surface area contributed by atoms with Gasteiger partial charge in [-0.1, -0.05) is 25.1 Å². The average Bonchev–Trinajstić information content (AvgIpc) is 2.89. The van der Waals surface area contributed by atoms with E-state index in [9.17, 15) is 9.90 Å². The van der Waals surface area contributed by atoms with Crippen molar-refractivity contribution in [2.75, 3.05) is 13.1 Å². The molecular weight excluding hydrogens is 302 g/mol. The number of fused-ring (bicyclic) bond motifs is 1. The second kappa shape index (κ2) is 5.17. The lowest BCUT2D eigenvalue weighted by Gasteiger charge is -2.59. The summed E-state index contributed by atoms with van der Waals surface area (Å²) in [5, 5.41) is 11.7. The van der Waals surface area contributed by atoms with Gasteiger partial charge >= 0.3 is 0 Å². The SMILES string of the molecule is C=CCN1CC[C@]23c4c(cccc4O[C@H]2C(=O)CC)C[C@@H]1[C@@]3(C)O. The maximum absolute atomic E-state index is 12.7. The molecule has 4 nitrogen and oxygen atoms in total. The Labute approximate surface area is 143 Å². The number of nitrogens with zero attached hydrogens (tertiary/aromatic N) is 1. The molecule has 24 heavy (non-hydrogen) atoms. The largest absolute Gasteiger partial charge is 0.481 e. The number of Topliss-reactive ketones (excluding diaryl/α,β-unsaturated/α-hetero) is 1. The number of piperidine rings is 1. The first-order valence-corrected chi connectivity index (χ1v) is 8.86. The van der Waals surface area contributed by atoms with Crippen LogP contribution in [-0.2, 0) is 16.6 Å². The molecule has 2 aliphatic heterocycles. The van der Waals surface area contributed by atoms with E-state index in [4.69, 9.17) is 4.74 Å².